The molecular weight excluding hydrogens is 186 g/mol. The number of H-pyrrole nitrogens is 1. The summed E-state index contributed by atoms with van der Waals surface area (Å²) >= 11 is 0. The Balaban J connectivity index is 2.29. The molecule has 78 valence electrons. The van der Waals surface area contributed by atoms with Crippen molar-refractivity contribution in [3.05, 3.63) is 48.2 Å². The van der Waals surface area contributed by atoms with Crippen molar-refractivity contribution in [2.24, 2.45) is 5.73 Å². The van der Waals surface area contributed by atoms with Gasteiger partial charge in [-0.15, -0.1) is 0 Å². The fraction of sp³-hybridized carbons (Fsp3) is 0.167. The number of aromatic amines is 1. The van der Waals surface area contributed by atoms with Crippen LogP contribution in [0.4, 0.5) is 11.5 Å². The van der Waals surface area contributed by atoms with Crippen molar-refractivity contribution in [1.82, 2.24) is 4.98 Å². The Hall–Kier alpha value is -1.74. The van der Waals surface area contributed by atoms with Crippen molar-refractivity contribution >= 4 is 11.5 Å². The van der Waals surface area contributed by atoms with E-state index >= 15 is 0 Å². The first-order valence-electron chi connectivity index (χ1n) is 4.97. The molecule has 0 fully saturated rings. The number of nitrogens with zero attached hydrogens (tertiary/aromatic N) is 1. The lowest BCUT2D eigenvalue weighted by molar-refractivity contribution is 1.06. The quantitative estimate of drug-likeness (QED) is 0.800. The summed E-state index contributed by atoms with van der Waals surface area (Å²) in [7, 11) is 2.03. The summed E-state index contributed by atoms with van der Waals surface area (Å²) in [5.41, 5.74) is 7.89. The predicted molar refractivity (Wildman–Crippen MR) is 63.2 cm³/mol. The first-order chi connectivity index (χ1) is 7.31. The van der Waals surface area contributed by atoms with E-state index in [0.29, 0.717) is 6.54 Å². The molecule has 1 aromatic carbocycles. The van der Waals surface area contributed by atoms with Crippen LogP contribution in [0, 0.1) is 0 Å². The van der Waals surface area contributed by atoms with Gasteiger partial charge in [0, 0.05) is 25.5 Å². The Bertz CT molecular complexity index is 420. The summed E-state index contributed by atoms with van der Waals surface area (Å²) in [5.74, 6) is 1.07. The number of aromatic nitrogens is 1. The molecule has 0 aliphatic carbocycles. The van der Waals surface area contributed by atoms with Crippen LogP contribution in [0.3, 0.4) is 0 Å². The average Bonchev–Trinajstić information content (AvgIpc) is 2.81. The molecule has 0 saturated carbocycles. The van der Waals surface area contributed by atoms with Crippen LogP contribution in [0.15, 0.2) is 42.6 Å². The van der Waals surface area contributed by atoms with Gasteiger partial charge in [0.1, 0.15) is 5.82 Å². The van der Waals surface area contributed by atoms with E-state index < -0.39 is 0 Å². The zero-order valence-electron chi connectivity index (χ0n) is 8.77. The Kier molecular flexibility index (Phi) is 2.74. The topological polar surface area (TPSA) is 45.0 Å². The third kappa shape index (κ3) is 2.02. The first-order valence-corrected chi connectivity index (χ1v) is 4.97. The van der Waals surface area contributed by atoms with Crippen molar-refractivity contribution in [2.75, 3.05) is 11.9 Å². The van der Waals surface area contributed by atoms with Gasteiger partial charge in [-0.1, -0.05) is 12.1 Å². The Morgan fingerprint density at radius 2 is 2.13 bits per heavy atom. The molecule has 0 spiro atoms. The minimum atomic E-state index is 0.576. The highest BCUT2D eigenvalue weighted by Crippen LogP contribution is 2.22. The molecule has 2 rings (SSSR count). The van der Waals surface area contributed by atoms with Gasteiger partial charge in [-0.25, -0.2) is 0 Å². The molecule has 0 aliphatic heterocycles. The van der Waals surface area contributed by atoms with Crippen LogP contribution < -0.4 is 10.6 Å². The molecular formula is C12H15N3. The second-order valence-corrected chi connectivity index (χ2v) is 3.49. The average molecular weight is 201 g/mol. The van der Waals surface area contributed by atoms with E-state index in [2.05, 4.69) is 22.0 Å². The lowest BCUT2D eigenvalue weighted by Crippen LogP contribution is -2.10. The molecule has 0 bridgehead atoms. The van der Waals surface area contributed by atoms with Gasteiger partial charge < -0.3 is 15.6 Å². The third-order valence-corrected chi connectivity index (χ3v) is 2.48. The molecule has 0 saturated heterocycles. The number of hydrogen-bond donors (Lipinski definition) is 2. The maximum Gasteiger partial charge on any atom is 0.110 e. The molecule has 3 heteroatoms. The molecule has 15 heavy (non-hydrogen) atoms. The molecule has 0 atom stereocenters. The maximum atomic E-state index is 5.61. The summed E-state index contributed by atoms with van der Waals surface area (Å²) in [6.45, 7) is 0.576. The fourth-order valence-corrected chi connectivity index (χ4v) is 1.56. The van der Waals surface area contributed by atoms with Crippen LogP contribution in [0.5, 0.6) is 0 Å². The number of benzene rings is 1. The van der Waals surface area contributed by atoms with E-state index in [-0.39, 0.29) is 0 Å². The van der Waals surface area contributed by atoms with Crippen molar-refractivity contribution in [1.29, 1.82) is 0 Å². The first kappa shape index (κ1) is 9.80. The van der Waals surface area contributed by atoms with Gasteiger partial charge in [0.2, 0.25) is 0 Å². The number of rotatable bonds is 3. The van der Waals surface area contributed by atoms with Crippen molar-refractivity contribution < 1.29 is 0 Å². The minimum Gasteiger partial charge on any atom is -0.348 e. The van der Waals surface area contributed by atoms with Gasteiger partial charge in [-0.2, -0.15) is 0 Å². The van der Waals surface area contributed by atoms with E-state index in [0.717, 1.165) is 17.1 Å². The lowest BCUT2D eigenvalue weighted by Gasteiger charge is -2.18. The van der Waals surface area contributed by atoms with Gasteiger partial charge in [0.15, 0.2) is 0 Å². The molecule has 3 N–H and O–H groups in total. The molecule has 0 radical (unpaired) electrons. The standard InChI is InChI=1S/C12H15N3/c1-15(12-6-3-7-14-12)11-5-2-4-10(8-11)9-13/h2-8,14H,9,13H2,1H3. The van der Waals surface area contributed by atoms with E-state index in [9.17, 15) is 0 Å². The highest BCUT2D eigenvalue weighted by Gasteiger charge is 2.03. The van der Waals surface area contributed by atoms with Crippen molar-refractivity contribution in [3.63, 3.8) is 0 Å². The predicted octanol–water partition coefficient (Wildman–Crippen LogP) is 2.24. The van der Waals surface area contributed by atoms with Gasteiger partial charge in [0.05, 0.1) is 0 Å². The Morgan fingerprint density at radius 3 is 2.80 bits per heavy atom. The molecule has 3 nitrogen and oxygen atoms in total. The van der Waals surface area contributed by atoms with Crippen LogP contribution in [0.1, 0.15) is 5.56 Å². The van der Waals surface area contributed by atoms with Gasteiger partial charge in [0.25, 0.3) is 0 Å². The van der Waals surface area contributed by atoms with Crippen molar-refractivity contribution in [2.45, 2.75) is 6.54 Å². The van der Waals surface area contributed by atoms with Crippen LogP contribution in [-0.2, 0) is 6.54 Å². The minimum absolute atomic E-state index is 0.576. The van der Waals surface area contributed by atoms with E-state index in [4.69, 9.17) is 5.73 Å². The lowest BCUT2D eigenvalue weighted by atomic mass is 10.2. The monoisotopic (exact) mass is 201 g/mol. The van der Waals surface area contributed by atoms with Crippen molar-refractivity contribution in [3.8, 4) is 0 Å². The maximum absolute atomic E-state index is 5.61. The number of hydrogen-bond acceptors (Lipinski definition) is 2. The Morgan fingerprint density at radius 1 is 1.27 bits per heavy atom. The van der Waals surface area contributed by atoms with E-state index in [1.54, 1.807) is 0 Å². The zero-order chi connectivity index (χ0) is 10.7. The van der Waals surface area contributed by atoms with Crippen LogP contribution in [0.2, 0.25) is 0 Å². The van der Waals surface area contributed by atoms with Crippen LogP contribution in [0.25, 0.3) is 0 Å². The summed E-state index contributed by atoms with van der Waals surface area (Å²) in [5, 5.41) is 0. The highest BCUT2D eigenvalue weighted by molar-refractivity contribution is 5.59. The summed E-state index contributed by atoms with van der Waals surface area (Å²) in [6.07, 6.45) is 1.92. The van der Waals surface area contributed by atoms with E-state index in [1.807, 2.05) is 37.5 Å². The second-order valence-electron chi connectivity index (χ2n) is 3.49. The second kappa shape index (κ2) is 4.19. The fourth-order valence-electron chi connectivity index (χ4n) is 1.56. The summed E-state index contributed by atoms with van der Waals surface area (Å²) in [4.78, 5) is 5.26. The Labute approximate surface area is 89.5 Å². The summed E-state index contributed by atoms with van der Waals surface area (Å²) in [6, 6.07) is 12.2. The van der Waals surface area contributed by atoms with Gasteiger partial charge in [-0.3, -0.25) is 0 Å². The molecule has 0 aliphatic rings. The molecule has 2 aromatic rings. The molecule has 1 aromatic heterocycles. The smallest absolute Gasteiger partial charge is 0.110 e. The normalized spacial score (nSPS) is 10.3. The largest absolute Gasteiger partial charge is 0.348 e. The number of anilines is 2. The highest BCUT2D eigenvalue weighted by atomic mass is 15.2. The van der Waals surface area contributed by atoms with Gasteiger partial charge >= 0.3 is 0 Å². The molecule has 0 amide bonds. The molecule has 1 heterocycles. The van der Waals surface area contributed by atoms with Crippen LogP contribution >= 0.6 is 0 Å². The number of nitrogens with one attached hydrogen (secondary N) is 1. The summed E-state index contributed by atoms with van der Waals surface area (Å²) < 4.78 is 0. The third-order valence-electron chi connectivity index (χ3n) is 2.48. The van der Waals surface area contributed by atoms with Gasteiger partial charge in [-0.05, 0) is 29.8 Å². The van der Waals surface area contributed by atoms with Crippen LogP contribution in [-0.4, -0.2) is 12.0 Å². The van der Waals surface area contributed by atoms with E-state index in [1.165, 1.54) is 0 Å². The SMILES string of the molecule is CN(c1cccc(CN)c1)c1ccc[nH]1. The molecule has 0 unspecified atom stereocenters. The number of nitrogens with two attached hydrogens (primary N) is 1. The zero-order valence-corrected chi connectivity index (χ0v) is 8.77.